The molecule has 1 rings (SSSR count). The highest BCUT2D eigenvalue weighted by molar-refractivity contribution is 6.02. The number of nitrogens with one attached hydrogen (secondary N) is 1. The Bertz CT molecular complexity index is 448. The maximum atomic E-state index is 11.2. The van der Waals surface area contributed by atoms with Crippen molar-refractivity contribution >= 4 is 24.4 Å². The summed E-state index contributed by atoms with van der Waals surface area (Å²) in [5.74, 6) is -0.0126. The average Bonchev–Trinajstić information content (AvgIpc) is 2.43. The molecule has 2 amide bonds. The molecule has 0 bridgehead atoms. The SMILES string of the molecule is C=N/C(=C\C(=N/C)NC1CCN(C(C)=O)CC1)C(N)=O. The summed E-state index contributed by atoms with van der Waals surface area (Å²) in [6.45, 7) is 6.31. The molecular formula is C13H21N5O2. The second-order valence-corrected chi connectivity index (χ2v) is 4.59. The lowest BCUT2D eigenvalue weighted by Crippen LogP contribution is -2.45. The van der Waals surface area contributed by atoms with E-state index in [4.69, 9.17) is 5.73 Å². The van der Waals surface area contributed by atoms with E-state index in [1.807, 2.05) is 4.90 Å². The second kappa shape index (κ2) is 7.42. The van der Waals surface area contributed by atoms with Crippen LogP contribution in [0.25, 0.3) is 0 Å². The number of hydrogen-bond acceptors (Lipinski definition) is 4. The van der Waals surface area contributed by atoms with Crippen LogP contribution in [0, 0.1) is 0 Å². The third-order valence-corrected chi connectivity index (χ3v) is 3.23. The predicted octanol–water partition coefficient (Wildman–Crippen LogP) is -0.315. The van der Waals surface area contributed by atoms with Gasteiger partial charge in [-0.3, -0.25) is 19.6 Å². The number of aliphatic imine (C=N–C) groups is 2. The standard InChI is InChI=1S/C13H21N5O2/c1-9(19)18-6-4-10(5-7-18)17-12(16-3)8-11(15-2)13(14)20/h8,10H,2,4-7H2,1,3H3,(H2,14,20)(H,16,17)/b11-8-. The fourth-order valence-corrected chi connectivity index (χ4v) is 2.04. The van der Waals surface area contributed by atoms with Crippen LogP contribution in [0.1, 0.15) is 19.8 Å². The Morgan fingerprint density at radius 1 is 1.40 bits per heavy atom. The molecule has 0 spiro atoms. The van der Waals surface area contributed by atoms with Crippen LogP contribution in [0.3, 0.4) is 0 Å². The first-order valence-corrected chi connectivity index (χ1v) is 6.45. The van der Waals surface area contributed by atoms with Gasteiger partial charge < -0.3 is 16.0 Å². The molecule has 1 aliphatic rings. The molecule has 3 N–H and O–H groups in total. The Labute approximate surface area is 118 Å². The molecule has 7 nitrogen and oxygen atoms in total. The first kappa shape index (κ1) is 15.9. The minimum absolute atomic E-state index is 0.0688. The third kappa shape index (κ3) is 4.49. The third-order valence-electron chi connectivity index (χ3n) is 3.23. The van der Waals surface area contributed by atoms with Gasteiger partial charge in [0, 0.05) is 39.2 Å². The largest absolute Gasteiger partial charge is 0.367 e. The van der Waals surface area contributed by atoms with E-state index in [9.17, 15) is 9.59 Å². The van der Waals surface area contributed by atoms with E-state index in [1.165, 1.54) is 6.08 Å². The summed E-state index contributed by atoms with van der Waals surface area (Å²) in [6, 6.07) is 0.208. The number of carbonyl (C=O) groups excluding carboxylic acids is 2. The molecule has 0 unspecified atom stereocenters. The maximum absolute atomic E-state index is 11.2. The summed E-state index contributed by atoms with van der Waals surface area (Å²) in [6.07, 6.45) is 3.15. The molecule has 0 aromatic heterocycles. The lowest BCUT2D eigenvalue weighted by atomic mass is 10.0. The van der Waals surface area contributed by atoms with Crippen molar-refractivity contribution in [3.63, 3.8) is 0 Å². The molecule has 0 aromatic carbocycles. The van der Waals surface area contributed by atoms with Gasteiger partial charge in [0.05, 0.1) is 0 Å². The fourth-order valence-electron chi connectivity index (χ4n) is 2.04. The van der Waals surface area contributed by atoms with Crippen molar-refractivity contribution in [3.05, 3.63) is 11.8 Å². The molecular weight excluding hydrogens is 258 g/mol. The number of piperidine rings is 1. The van der Waals surface area contributed by atoms with E-state index in [1.54, 1.807) is 14.0 Å². The zero-order valence-corrected chi connectivity index (χ0v) is 11.9. The molecule has 0 saturated carbocycles. The van der Waals surface area contributed by atoms with Gasteiger partial charge in [0.2, 0.25) is 5.91 Å². The molecule has 7 heteroatoms. The predicted molar refractivity (Wildman–Crippen MR) is 78.6 cm³/mol. The molecule has 0 atom stereocenters. The minimum Gasteiger partial charge on any atom is -0.367 e. The quantitative estimate of drug-likeness (QED) is 0.419. The summed E-state index contributed by atoms with van der Waals surface area (Å²) in [4.78, 5) is 31.8. The van der Waals surface area contributed by atoms with Gasteiger partial charge in [0.1, 0.15) is 11.5 Å². The zero-order valence-electron chi connectivity index (χ0n) is 11.9. The highest BCUT2D eigenvalue weighted by atomic mass is 16.2. The highest BCUT2D eigenvalue weighted by Crippen LogP contribution is 2.10. The van der Waals surface area contributed by atoms with Crippen molar-refractivity contribution in [2.75, 3.05) is 20.1 Å². The van der Waals surface area contributed by atoms with E-state index in [-0.39, 0.29) is 17.6 Å². The molecule has 0 radical (unpaired) electrons. The molecule has 1 aliphatic heterocycles. The summed E-state index contributed by atoms with van der Waals surface area (Å²) in [5.41, 5.74) is 5.24. The summed E-state index contributed by atoms with van der Waals surface area (Å²) in [7, 11) is 1.62. The number of nitrogens with two attached hydrogens (primary N) is 1. The normalized spacial score (nSPS) is 17.8. The highest BCUT2D eigenvalue weighted by Gasteiger charge is 2.21. The summed E-state index contributed by atoms with van der Waals surface area (Å²) < 4.78 is 0. The Morgan fingerprint density at radius 2 is 2.00 bits per heavy atom. The molecule has 1 heterocycles. The van der Waals surface area contributed by atoms with Crippen LogP contribution in [-0.2, 0) is 9.59 Å². The lowest BCUT2D eigenvalue weighted by Gasteiger charge is -2.32. The molecule has 1 fully saturated rings. The van der Waals surface area contributed by atoms with E-state index in [2.05, 4.69) is 22.0 Å². The van der Waals surface area contributed by atoms with Crippen LogP contribution < -0.4 is 11.1 Å². The second-order valence-electron chi connectivity index (χ2n) is 4.59. The Morgan fingerprint density at radius 3 is 2.40 bits per heavy atom. The number of hydrogen-bond donors (Lipinski definition) is 2. The number of likely N-dealkylation sites (tertiary alicyclic amines) is 1. The van der Waals surface area contributed by atoms with Gasteiger partial charge in [0.25, 0.3) is 5.91 Å². The molecule has 0 aromatic rings. The van der Waals surface area contributed by atoms with Gasteiger partial charge in [0.15, 0.2) is 0 Å². The van der Waals surface area contributed by atoms with Gasteiger partial charge in [-0.2, -0.15) is 0 Å². The van der Waals surface area contributed by atoms with Crippen molar-refractivity contribution in [2.24, 2.45) is 15.7 Å². The van der Waals surface area contributed by atoms with E-state index in [0.29, 0.717) is 5.84 Å². The number of rotatable bonds is 4. The van der Waals surface area contributed by atoms with Crippen LogP contribution in [0.5, 0.6) is 0 Å². The van der Waals surface area contributed by atoms with Crippen molar-refractivity contribution < 1.29 is 9.59 Å². The van der Waals surface area contributed by atoms with Crippen LogP contribution in [0.15, 0.2) is 21.8 Å². The van der Waals surface area contributed by atoms with Gasteiger partial charge in [-0.05, 0) is 19.6 Å². The van der Waals surface area contributed by atoms with Gasteiger partial charge in [-0.25, -0.2) is 0 Å². The molecule has 0 aliphatic carbocycles. The summed E-state index contributed by atoms with van der Waals surface area (Å²) >= 11 is 0. The Kier molecular flexibility index (Phi) is 5.89. The summed E-state index contributed by atoms with van der Waals surface area (Å²) in [5, 5.41) is 3.22. The average molecular weight is 279 g/mol. The van der Waals surface area contributed by atoms with Gasteiger partial charge in [-0.15, -0.1) is 0 Å². The number of amidine groups is 1. The number of carbonyl (C=O) groups is 2. The van der Waals surface area contributed by atoms with Gasteiger partial charge in [-0.1, -0.05) is 0 Å². The van der Waals surface area contributed by atoms with E-state index in [0.717, 1.165) is 25.9 Å². The molecule has 1 saturated heterocycles. The Balaban J connectivity index is 2.61. The van der Waals surface area contributed by atoms with Crippen molar-refractivity contribution in [3.8, 4) is 0 Å². The smallest absolute Gasteiger partial charge is 0.267 e. The van der Waals surface area contributed by atoms with Crippen molar-refractivity contribution in [1.82, 2.24) is 10.2 Å². The first-order chi connectivity index (χ1) is 9.47. The minimum atomic E-state index is -0.644. The monoisotopic (exact) mass is 279 g/mol. The molecule has 20 heavy (non-hydrogen) atoms. The maximum Gasteiger partial charge on any atom is 0.267 e. The van der Waals surface area contributed by atoms with Crippen LogP contribution >= 0.6 is 0 Å². The van der Waals surface area contributed by atoms with Crippen molar-refractivity contribution in [2.45, 2.75) is 25.8 Å². The topological polar surface area (TPSA) is 100 Å². The van der Waals surface area contributed by atoms with Gasteiger partial charge >= 0.3 is 0 Å². The van der Waals surface area contributed by atoms with E-state index < -0.39 is 5.91 Å². The fraction of sp³-hybridized carbons (Fsp3) is 0.538. The number of primary amides is 1. The van der Waals surface area contributed by atoms with Crippen LogP contribution in [0.4, 0.5) is 0 Å². The number of nitrogens with zero attached hydrogens (tertiary/aromatic N) is 3. The molecule has 110 valence electrons. The van der Waals surface area contributed by atoms with Crippen LogP contribution in [0.2, 0.25) is 0 Å². The van der Waals surface area contributed by atoms with E-state index >= 15 is 0 Å². The Hall–Kier alpha value is -2.18. The number of amides is 2. The zero-order chi connectivity index (χ0) is 15.1. The lowest BCUT2D eigenvalue weighted by molar-refractivity contribution is -0.129. The first-order valence-electron chi connectivity index (χ1n) is 6.45. The van der Waals surface area contributed by atoms with Crippen LogP contribution in [-0.4, -0.2) is 55.4 Å². The van der Waals surface area contributed by atoms with Crippen molar-refractivity contribution in [1.29, 1.82) is 0 Å².